The van der Waals surface area contributed by atoms with Gasteiger partial charge in [-0.1, -0.05) is 54.6 Å². The molecule has 3 heteroatoms. The monoisotopic (exact) mass is 274 g/mol. The summed E-state index contributed by atoms with van der Waals surface area (Å²) in [7, 11) is 0. The summed E-state index contributed by atoms with van der Waals surface area (Å²) in [5.74, 6) is 0.841. The first-order valence-corrected chi connectivity index (χ1v) is 6.65. The molecule has 0 atom stereocenters. The molecule has 0 aliphatic rings. The second kappa shape index (κ2) is 5.18. The third-order valence-corrected chi connectivity index (χ3v) is 3.50. The number of nitrogens with zero attached hydrogens (tertiary/aromatic N) is 1. The number of aryl methyl sites for hydroxylation is 1. The van der Waals surface area contributed by atoms with Crippen LogP contribution in [0.1, 0.15) is 11.3 Å². The highest BCUT2D eigenvalue weighted by Gasteiger charge is 2.17. The average molecular weight is 274 g/mol. The maximum Gasteiger partial charge on any atom is 0.209 e. The topological polar surface area (TPSA) is 62.9 Å². The number of furan rings is 1. The number of anilines is 1. The van der Waals surface area contributed by atoms with Gasteiger partial charge in [-0.3, -0.25) is 0 Å². The molecule has 102 valence electrons. The van der Waals surface area contributed by atoms with Gasteiger partial charge in [-0.2, -0.15) is 5.26 Å². The maximum atomic E-state index is 9.22. The third kappa shape index (κ3) is 2.28. The number of nitrogen functional groups attached to an aromatic ring is 1. The lowest BCUT2D eigenvalue weighted by Crippen LogP contribution is -1.87. The predicted molar refractivity (Wildman–Crippen MR) is 83.4 cm³/mol. The smallest absolute Gasteiger partial charge is 0.209 e. The van der Waals surface area contributed by atoms with E-state index in [1.54, 1.807) is 0 Å². The van der Waals surface area contributed by atoms with Gasteiger partial charge in [0.25, 0.3) is 0 Å². The Bertz CT molecular complexity index is 809. The molecule has 3 rings (SSSR count). The third-order valence-electron chi connectivity index (χ3n) is 3.50. The molecular weight excluding hydrogens is 260 g/mol. The van der Waals surface area contributed by atoms with Crippen molar-refractivity contribution in [2.75, 3.05) is 5.73 Å². The lowest BCUT2D eigenvalue weighted by Gasteiger charge is -2.04. The first-order valence-electron chi connectivity index (χ1n) is 6.65. The van der Waals surface area contributed by atoms with E-state index >= 15 is 0 Å². The summed E-state index contributed by atoms with van der Waals surface area (Å²) >= 11 is 0. The maximum absolute atomic E-state index is 9.22. The molecule has 0 spiro atoms. The van der Waals surface area contributed by atoms with Crippen LogP contribution in [0.2, 0.25) is 0 Å². The van der Waals surface area contributed by atoms with Crippen molar-refractivity contribution in [1.82, 2.24) is 0 Å². The molecule has 1 aromatic heterocycles. The highest BCUT2D eigenvalue weighted by Crippen LogP contribution is 2.34. The van der Waals surface area contributed by atoms with Crippen molar-refractivity contribution in [1.29, 1.82) is 5.26 Å². The molecular formula is C18H14N2O. The van der Waals surface area contributed by atoms with Gasteiger partial charge in [0.1, 0.15) is 17.4 Å². The summed E-state index contributed by atoms with van der Waals surface area (Å²) in [5, 5.41) is 9.22. The zero-order chi connectivity index (χ0) is 14.8. The van der Waals surface area contributed by atoms with Crippen LogP contribution >= 0.6 is 0 Å². The Morgan fingerprint density at radius 1 is 0.905 bits per heavy atom. The van der Waals surface area contributed by atoms with Crippen molar-refractivity contribution < 1.29 is 4.42 Å². The van der Waals surface area contributed by atoms with E-state index in [1.807, 2.05) is 49.4 Å². The molecule has 0 radical (unpaired) electrons. The van der Waals surface area contributed by atoms with Gasteiger partial charge in [0.2, 0.25) is 5.88 Å². The molecule has 0 aliphatic carbocycles. The molecule has 0 unspecified atom stereocenters. The summed E-state index contributed by atoms with van der Waals surface area (Å²) in [5.41, 5.74) is 10.1. The van der Waals surface area contributed by atoms with Crippen molar-refractivity contribution in [3.8, 4) is 28.3 Å². The van der Waals surface area contributed by atoms with Crippen molar-refractivity contribution in [2.45, 2.75) is 6.92 Å². The lowest BCUT2D eigenvalue weighted by atomic mass is 9.98. The van der Waals surface area contributed by atoms with Crippen LogP contribution in [0.3, 0.4) is 0 Å². The van der Waals surface area contributed by atoms with E-state index in [1.165, 1.54) is 0 Å². The standard InChI is InChI=1S/C18H14N2O/c1-12-17(16(11-19)18(20)21-12)15-9-7-14(8-10-15)13-5-3-2-4-6-13/h2-10H,20H2,1H3. The van der Waals surface area contributed by atoms with Gasteiger partial charge in [0.05, 0.1) is 0 Å². The normalized spacial score (nSPS) is 10.3. The van der Waals surface area contributed by atoms with Gasteiger partial charge in [0, 0.05) is 5.56 Å². The minimum absolute atomic E-state index is 0.178. The largest absolute Gasteiger partial charge is 0.444 e. The van der Waals surface area contributed by atoms with Crippen LogP contribution in [0.4, 0.5) is 5.88 Å². The Balaban J connectivity index is 2.05. The minimum atomic E-state index is 0.178. The van der Waals surface area contributed by atoms with E-state index in [9.17, 15) is 5.26 Å². The fraction of sp³-hybridized carbons (Fsp3) is 0.0556. The molecule has 0 saturated heterocycles. The minimum Gasteiger partial charge on any atom is -0.444 e. The summed E-state index contributed by atoms with van der Waals surface area (Å²) in [6, 6.07) is 20.3. The Kier molecular flexibility index (Phi) is 3.21. The van der Waals surface area contributed by atoms with Crippen LogP contribution in [0.25, 0.3) is 22.3 Å². The van der Waals surface area contributed by atoms with Crippen LogP contribution in [0, 0.1) is 18.3 Å². The second-order valence-corrected chi connectivity index (χ2v) is 4.83. The SMILES string of the molecule is Cc1oc(N)c(C#N)c1-c1ccc(-c2ccccc2)cc1. The zero-order valence-electron chi connectivity index (χ0n) is 11.6. The highest BCUT2D eigenvalue weighted by molar-refractivity contribution is 5.79. The molecule has 0 amide bonds. The fourth-order valence-electron chi connectivity index (χ4n) is 2.48. The molecule has 0 bridgehead atoms. The van der Waals surface area contributed by atoms with Crippen molar-refractivity contribution >= 4 is 5.88 Å². The molecule has 21 heavy (non-hydrogen) atoms. The average Bonchev–Trinajstić information content (AvgIpc) is 2.82. The number of benzene rings is 2. The van der Waals surface area contributed by atoms with E-state index in [0.717, 1.165) is 22.3 Å². The predicted octanol–water partition coefficient (Wildman–Crippen LogP) is 4.38. The number of hydrogen-bond donors (Lipinski definition) is 1. The molecule has 0 fully saturated rings. The van der Waals surface area contributed by atoms with Gasteiger partial charge in [-0.15, -0.1) is 0 Å². The van der Waals surface area contributed by atoms with Gasteiger partial charge in [-0.05, 0) is 23.6 Å². The number of nitrogens with two attached hydrogens (primary N) is 1. The lowest BCUT2D eigenvalue weighted by molar-refractivity contribution is 0.554. The molecule has 0 saturated carbocycles. The van der Waals surface area contributed by atoms with Crippen LogP contribution < -0.4 is 5.73 Å². The van der Waals surface area contributed by atoms with E-state index < -0.39 is 0 Å². The van der Waals surface area contributed by atoms with Gasteiger partial charge in [-0.25, -0.2) is 0 Å². The second-order valence-electron chi connectivity index (χ2n) is 4.83. The van der Waals surface area contributed by atoms with Crippen LogP contribution in [-0.2, 0) is 0 Å². The Morgan fingerprint density at radius 2 is 1.48 bits per heavy atom. The molecule has 2 aromatic carbocycles. The first-order chi connectivity index (χ1) is 10.2. The fourth-order valence-corrected chi connectivity index (χ4v) is 2.48. The summed E-state index contributed by atoms with van der Waals surface area (Å²) in [6.07, 6.45) is 0. The molecule has 3 nitrogen and oxygen atoms in total. The van der Waals surface area contributed by atoms with E-state index in [4.69, 9.17) is 10.2 Å². The molecule has 2 N–H and O–H groups in total. The van der Waals surface area contributed by atoms with Crippen LogP contribution in [-0.4, -0.2) is 0 Å². The molecule has 1 heterocycles. The van der Waals surface area contributed by atoms with Crippen LogP contribution in [0.5, 0.6) is 0 Å². The van der Waals surface area contributed by atoms with Gasteiger partial charge >= 0.3 is 0 Å². The van der Waals surface area contributed by atoms with E-state index in [-0.39, 0.29) is 5.88 Å². The summed E-state index contributed by atoms with van der Waals surface area (Å²) < 4.78 is 5.36. The summed E-state index contributed by atoms with van der Waals surface area (Å²) in [6.45, 7) is 1.82. The van der Waals surface area contributed by atoms with Crippen molar-refractivity contribution in [3.05, 3.63) is 65.9 Å². The van der Waals surface area contributed by atoms with Gasteiger partial charge < -0.3 is 10.2 Å². The van der Waals surface area contributed by atoms with E-state index in [2.05, 4.69) is 18.2 Å². The van der Waals surface area contributed by atoms with Gasteiger partial charge in [0.15, 0.2) is 0 Å². The number of hydrogen-bond acceptors (Lipinski definition) is 3. The van der Waals surface area contributed by atoms with Crippen molar-refractivity contribution in [2.24, 2.45) is 0 Å². The number of rotatable bonds is 2. The Morgan fingerprint density at radius 3 is 2.10 bits per heavy atom. The first kappa shape index (κ1) is 13.0. The van der Waals surface area contributed by atoms with Crippen molar-refractivity contribution in [3.63, 3.8) is 0 Å². The van der Waals surface area contributed by atoms with E-state index in [0.29, 0.717) is 11.3 Å². The molecule has 0 aliphatic heterocycles. The zero-order valence-corrected chi connectivity index (χ0v) is 11.6. The highest BCUT2D eigenvalue weighted by atomic mass is 16.4. The van der Waals surface area contributed by atoms with Crippen LogP contribution in [0.15, 0.2) is 59.0 Å². The Labute approximate surface area is 123 Å². The summed E-state index contributed by atoms with van der Waals surface area (Å²) in [4.78, 5) is 0. The number of nitriles is 1. The molecule has 3 aromatic rings. The quantitative estimate of drug-likeness (QED) is 0.754. The Hall–Kier alpha value is -2.99.